The number of rotatable bonds is 7. The zero-order valence-electron chi connectivity index (χ0n) is 12.3. The molecule has 1 heterocycles. The number of carbonyl (C=O) groups is 1. The second-order valence-electron chi connectivity index (χ2n) is 5.67. The summed E-state index contributed by atoms with van der Waals surface area (Å²) in [7, 11) is -1.19. The van der Waals surface area contributed by atoms with E-state index in [4.69, 9.17) is 15.6 Å². The Labute approximate surface area is 123 Å². The molecule has 118 valence electrons. The number of imidazole rings is 1. The van der Waals surface area contributed by atoms with E-state index in [9.17, 15) is 10.0 Å². The first kappa shape index (κ1) is 17.0. The molecule has 0 saturated heterocycles. The van der Waals surface area contributed by atoms with Gasteiger partial charge in [-0.05, 0) is 6.04 Å². The van der Waals surface area contributed by atoms with Crippen LogP contribution in [0.4, 0.5) is 10.6 Å². The van der Waals surface area contributed by atoms with E-state index < -0.39 is 14.2 Å². The van der Waals surface area contributed by atoms with Gasteiger partial charge in [-0.1, -0.05) is 19.6 Å². The third kappa shape index (κ3) is 5.43. The Morgan fingerprint density at radius 1 is 1.62 bits per heavy atom. The van der Waals surface area contributed by atoms with Gasteiger partial charge in [0.25, 0.3) is 0 Å². The van der Waals surface area contributed by atoms with Crippen LogP contribution in [-0.4, -0.2) is 41.3 Å². The Morgan fingerprint density at radius 3 is 2.81 bits per heavy atom. The summed E-state index contributed by atoms with van der Waals surface area (Å²) in [5.41, 5.74) is 5.58. The van der Waals surface area contributed by atoms with Crippen molar-refractivity contribution in [2.24, 2.45) is 10.9 Å². The molecule has 9 nitrogen and oxygen atoms in total. The summed E-state index contributed by atoms with van der Waals surface area (Å²) in [5.74, 6) is -0.404. The van der Waals surface area contributed by atoms with Crippen LogP contribution in [0.3, 0.4) is 0 Å². The number of nitrogens with zero attached hydrogens (tertiary/aromatic N) is 3. The average Bonchev–Trinajstić information content (AvgIpc) is 2.74. The largest absolute Gasteiger partial charge is 0.790 e. The highest BCUT2D eigenvalue weighted by molar-refractivity contribution is 6.76. The summed E-state index contributed by atoms with van der Waals surface area (Å²) in [5, 5.41) is 24.0. The molecule has 0 aromatic carbocycles. The van der Waals surface area contributed by atoms with Crippen LogP contribution >= 0.6 is 0 Å². The Hall–Kier alpha value is -2.07. The van der Waals surface area contributed by atoms with Gasteiger partial charge >= 0.3 is 6.09 Å². The zero-order valence-corrected chi connectivity index (χ0v) is 13.3. The molecule has 0 aliphatic heterocycles. The van der Waals surface area contributed by atoms with Crippen molar-refractivity contribution >= 4 is 25.8 Å². The van der Waals surface area contributed by atoms with Gasteiger partial charge in [0.1, 0.15) is 18.3 Å². The lowest BCUT2D eigenvalue weighted by atomic mass is 10.4. The van der Waals surface area contributed by atoms with Gasteiger partial charge in [0, 0.05) is 14.7 Å². The second-order valence-corrected chi connectivity index (χ2v) is 11.3. The monoisotopic (exact) mass is 314 g/mol. The molecule has 0 saturated carbocycles. The molecule has 1 aromatic rings. The number of anilines is 1. The highest BCUT2D eigenvalue weighted by atomic mass is 28.3. The third-order valence-electron chi connectivity index (χ3n) is 2.63. The number of nitrogens with one attached hydrogen (secondary N) is 1. The number of aromatic nitrogens is 2. The van der Waals surface area contributed by atoms with Crippen LogP contribution in [0, 0.1) is 5.21 Å². The van der Waals surface area contributed by atoms with Crippen LogP contribution in [-0.2, 0) is 11.5 Å². The fourth-order valence-electron chi connectivity index (χ4n) is 1.53. The van der Waals surface area contributed by atoms with Gasteiger partial charge in [0.05, 0.1) is 6.33 Å². The predicted octanol–water partition coefficient (Wildman–Crippen LogP) is 1.49. The molecule has 4 N–H and O–H groups in total. The van der Waals surface area contributed by atoms with E-state index in [1.165, 1.54) is 10.9 Å². The van der Waals surface area contributed by atoms with Crippen LogP contribution in [0.15, 0.2) is 11.5 Å². The Balaban J connectivity index is 2.78. The molecular weight excluding hydrogens is 294 g/mol. The second kappa shape index (κ2) is 7.08. The number of hydrogen-bond acceptors (Lipinski definition) is 5. The molecule has 0 aliphatic rings. The van der Waals surface area contributed by atoms with Crippen LogP contribution in [0.1, 0.15) is 5.69 Å². The van der Waals surface area contributed by atoms with Crippen LogP contribution in [0.2, 0.25) is 25.7 Å². The van der Waals surface area contributed by atoms with Gasteiger partial charge in [-0.2, -0.15) is 0 Å². The molecular formula is C11H20N5O4Si-. The van der Waals surface area contributed by atoms with Crippen molar-refractivity contribution in [3.63, 3.8) is 0 Å². The van der Waals surface area contributed by atoms with Crippen molar-refractivity contribution in [2.75, 3.05) is 11.9 Å². The van der Waals surface area contributed by atoms with E-state index in [1.54, 1.807) is 0 Å². The first-order chi connectivity index (χ1) is 9.74. The lowest BCUT2D eigenvalue weighted by Gasteiger charge is -2.16. The fourth-order valence-corrected chi connectivity index (χ4v) is 2.28. The Bertz CT molecular complexity index is 523. The Kier molecular flexibility index (Phi) is 5.73. The number of amides is 1. The van der Waals surface area contributed by atoms with Gasteiger partial charge in [-0.25, -0.2) is 9.78 Å². The van der Waals surface area contributed by atoms with Crippen molar-refractivity contribution in [2.45, 2.75) is 32.4 Å². The molecule has 0 aliphatic carbocycles. The number of carboxylic acid groups (broad SMARTS) is 1. The Morgan fingerprint density at radius 2 is 2.29 bits per heavy atom. The number of amidine groups is 1. The number of ether oxygens (including phenoxy) is 1. The first-order valence-corrected chi connectivity index (χ1v) is 10.0. The zero-order chi connectivity index (χ0) is 16.0. The lowest BCUT2D eigenvalue weighted by molar-refractivity contribution is 0.0868. The quantitative estimate of drug-likeness (QED) is 0.229. The molecule has 0 spiro atoms. The van der Waals surface area contributed by atoms with Gasteiger partial charge in [0.15, 0.2) is 5.82 Å². The molecule has 0 atom stereocenters. The molecule has 0 fully saturated rings. The third-order valence-corrected chi connectivity index (χ3v) is 4.33. The highest BCUT2D eigenvalue weighted by Crippen LogP contribution is 2.14. The summed E-state index contributed by atoms with van der Waals surface area (Å²) in [6.07, 6.45) is 0.0347. The average molecular weight is 314 g/mol. The van der Waals surface area contributed by atoms with E-state index in [0.29, 0.717) is 6.61 Å². The van der Waals surface area contributed by atoms with Gasteiger partial charge in [-0.15, -0.1) is 0 Å². The van der Waals surface area contributed by atoms with E-state index in [0.717, 1.165) is 6.04 Å². The number of hydrogen-bond donors (Lipinski definition) is 3. The van der Waals surface area contributed by atoms with Crippen LogP contribution < -0.4 is 11.1 Å². The predicted molar refractivity (Wildman–Crippen MR) is 82.1 cm³/mol. The minimum Gasteiger partial charge on any atom is -0.790 e. The number of nitrogens with two attached hydrogens (primary N) is 1. The molecule has 1 aromatic heterocycles. The van der Waals surface area contributed by atoms with Gasteiger partial charge in [0.2, 0.25) is 0 Å². The normalized spacial score (nSPS) is 12.4. The molecule has 1 amide bonds. The maximum Gasteiger partial charge on any atom is 0.410 e. The van der Waals surface area contributed by atoms with E-state index >= 15 is 0 Å². The SMILES string of the molecule is C[Si](C)(C)CCOCn1cnc(NC(=O)O)c1/C(N)=N\[O-]. The summed E-state index contributed by atoms with van der Waals surface area (Å²) in [6, 6.07) is 0.988. The molecule has 21 heavy (non-hydrogen) atoms. The summed E-state index contributed by atoms with van der Waals surface area (Å²) < 4.78 is 6.96. The van der Waals surface area contributed by atoms with Gasteiger partial charge in [-0.3, -0.25) is 5.32 Å². The van der Waals surface area contributed by atoms with Crippen molar-refractivity contribution in [3.8, 4) is 0 Å². The van der Waals surface area contributed by atoms with E-state index in [1.807, 2.05) is 0 Å². The maximum absolute atomic E-state index is 10.7. The van der Waals surface area contributed by atoms with Crippen LogP contribution in [0.25, 0.3) is 0 Å². The van der Waals surface area contributed by atoms with Gasteiger partial charge < -0.3 is 30.5 Å². The molecule has 0 unspecified atom stereocenters. The van der Waals surface area contributed by atoms with Crippen molar-refractivity contribution in [3.05, 3.63) is 17.2 Å². The molecule has 0 bridgehead atoms. The molecule has 1 rings (SSSR count). The smallest absolute Gasteiger partial charge is 0.410 e. The van der Waals surface area contributed by atoms with Crippen molar-refractivity contribution in [1.29, 1.82) is 0 Å². The topological polar surface area (TPSA) is 138 Å². The van der Waals surface area contributed by atoms with Crippen molar-refractivity contribution < 1.29 is 14.6 Å². The molecule has 10 heteroatoms. The standard InChI is InChI=1S/C11H21N5O4Si/c1-21(2,3)5-4-20-7-16-6-13-10(14-11(17)18)8(16)9(12)15-19/h6,14,19H,4-5,7H2,1-3H3,(H2,12,15)(H,17,18)/p-1. The minimum absolute atomic E-state index is 0.0478. The maximum atomic E-state index is 10.7. The lowest BCUT2D eigenvalue weighted by Crippen LogP contribution is -2.24. The molecule has 0 radical (unpaired) electrons. The van der Waals surface area contributed by atoms with Crippen molar-refractivity contribution in [1.82, 2.24) is 9.55 Å². The van der Waals surface area contributed by atoms with E-state index in [2.05, 4.69) is 35.1 Å². The summed E-state index contributed by atoms with van der Waals surface area (Å²) in [4.78, 5) is 14.5. The summed E-state index contributed by atoms with van der Waals surface area (Å²) in [6.45, 7) is 7.38. The minimum atomic E-state index is -1.31. The fraction of sp³-hybridized carbons (Fsp3) is 0.545. The highest BCUT2D eigenvalue weighted by Gasteiger charge is 2.17. The summed E-state index contributed by atoms with van der Waals surface area (Å²) >= 11 is 0. The first-order valence-electron chi connectivity index (χ1n) is 6.33. The van der Waals surface area contributed by atoms with Crippen LogP contribution in [0.5, 0.6) is 0 Å². The van der Waals surface area contributed by atoms with E-state index in [-0.39, 0.29) is 24.1 Å².